The molecule has 4 heteroatoms. The second kappa shape index (κ2) is 6.68. The van der Waals surface area contributed by atoms with Gasteiger partial charge in [0.15, 0.2) is 11.3 Å². The topological polar surface area (TPSA) is 42.1 Å². The molecule has 4 rings (SSSR count). The van der Waals surface area contributed by atoms with Gasteiger partial charge in [-0.05, 0) is 60.6 Å². The SMILES string of the molecule is COc1[nH]c2ccc(Br)cc2c(=O)c1Cc1cccc2c1CCCC2. The Bertz CT molecular complexity index is 1010. The summed E-state index contributed by atoms with van der Waals surface area (Å²) in [7, 11) is 1.61. The number of aromatic nitrogens is 1. The molecule has 3 nitrogen and oxygen atoms in total. The Hall–Kier alpha value is -2.07. The maximum absolute atomic E-state index is 13.1. The molecule has 0 bridgehead atoms. The summed E-state index contributed by atoms with van der Waals surface area (Å²) >= 11 is 3.46. The van der Waals surface area contributed by atoms with E-state index in [0.717, 1.165) is 22.8 Å². The van der Waals surface area contributed by atoms with E-state index >= 15 is 0 Å². The first-order valence-electron chi connectivity index (χ1n) is 8.65. The van der Waals surface area contributed by atoms with Crippen LogP contribution >= 0.6 is 15.9 Å². The Morgan fingerprint density at radius 3 is 2.84 bits per heavy atom. The molecule has 0 spiro atoms. The lowest BCUT2D eigenvalue weighted by molar-refractivity contribution is 0.394. The third-order valence-electron chi connectivity index (χ3n) is 5.09. The van der Waals surface area contributed by atoms with E-state index in [0.29, 0.717) is 23.3 Å². The molecule has 3 aromatic rings. The maximum atomic E-state index is 13.1. The third kappa shape index (κ3) is 2.99. The maximum Gasteiger partial charge on any atom is 0.198 e. The molecule has 25 heavy (non-hydrogen) atoms. The smallest absolute Gasteiger partial charge is 0.198 e. The molecule has 1 aliphatic rings. The van der Waals surface area contributed by atoms with Crippen LogP contribution in [0.15, 0.2) is 45.7 Å². The number of methoxy groups -OCH3 is 1. The number of nitrogens with one attached hydrogen (secondary N) is 1. The molecule has 1 heterocycles. The zero-order valence-corrected chi connectivity index (χ0v) is 15.8. The van der Waals surface area contributed by atoms with Gasteiger partial charge >= 0.3 is 0 Å². The summed E-state index contributed by atoms with van der Waals surface area (Å²) in [5, 5.41) is 0.690. The van der Waals surface area contributed by atoms with Crippen molar-refractivity contribution in [1.82, 2.24) is 4.98 Å². The molecule has 128 valence electrons. The summed E-state index contributed by atoms with van der Waals surface area (Å²) < 4.78 is 6.42. The average molecular weight is 398 g/mol. The first-order valence-corrected chi connectivity index (χ1v) is 9.44. The first kappa shape index (κ1) is 16.4. The van der Waals surface area contributed by atoms with Crippen molar-refractivity contribution in [3.63, 3.8) is 0 Å². The number of H-pyrrole nitrogens is 1. The van der Waals surface area contributed by atoms with Crippen molar-refractivity contribution in [1.29, 1.82) is 0 Å². The van der Waals surface area contributed by atoms with Crippen molar-refractivity contribution < 1.29 is 4.74 Å². The van der Waals surface area contributed by atoms with Crippen LogP contribution < -0.4 is 10.2 Å². The standard InChI is InChI=1S/C21H20BrNO2/c1-25-21-18(20(24)17-12-15(22)9-10-19(17)23-21)11-14-7-4-6-13-5-2-3-8-16(13)14/h4,6-7,9-10,12H,2-3,5,8,11H2,1H3,(H,23,24). The highest BCUT2D eigenvalue weighted by atomic mass is 79.9. The van der Waals surface area contributed by atoms with Gasteiger partial charge < -0.3 is 9.72 Å². The predicted molar refractivity (Wildman–Crippen MR) is 105 cm³/mol. The predicted octanol–water partition coefficient (Wildman–Crippen LogP) is 4.77. The van der Waals surface area contributed by atoms with E-state index < -0.39 is 0 Å². The minimum atomic E-state index is 0.0420. The van der Waals surface area contributed by atoms with E-state index in [-0.39, 0.29) is 5.43 Å². The lowest BCUT2D eigenvalue weighted by Gasteiger charge is -2.20. The van der Waals surface area contributed by atoms with Crippen LogP contribution in [0.4, 0.5) is 0 Å². The Morgan fingerprint density at radius 1 is 1.16 bits per heavy atom. The molecule has 0 unspecified atom stereocenters. The highest BCUT2D eigenvalue weighted by Crippen LogP contribution is 2.28. The number of pyridine rings is 1. The molecule has 0 radical (unpaired) electrons. The van der Waals surface area contributed by atoms with Crippen LogP contribution in [0.5, 0.6) is 5.88 Å². The Labute approximate surface area is 155 Å². The lowest BCUT2D eigenvalue weighted by Crippen LogP contribution is -2.15. The number of aryl methyl sites for hydroxylation is 1. The molecule has 1 N–H and O–H groups in total. The van der Waals surface area contributed by atoms with Gasteiger partial charge in [0, 0.05) is 16.3 Å². The Kier molecular flexibility index (Phi) is 4.38. The molecular weight excluding hydrogens is 378 g/mol. The second-order valence-electron chi connectivity index (χ2n) is 6.59. The zero-order valence-electron chi connectivity index (χ0n) is 14.2. The van der Waals surface area contributed by atoms with E-state index in [1.54, 1.807) is 7.11 Å². The van der Waals surface area contributed by atoms with E-state index in [9.17, 15) is 4.79 Å². The molecule has 0 atom stereocenters. The minimum absolute atomic E-state index is 0.0420. The highest BCUT2D eigenvalue weighted by Gasteiger charge is 2.18. The van der Waals surface area contributed by atoms with Crippen LogP contribution in [-0.2, 0) is 19.3 Å². The molecule has 0 saturated heterocycles. The van der Waals surface area contributed by atoms with Gasteiger partial charge in [0.1, 0.15) is 0 Å². The van der Waals surface area contributed by atoms with Gasteiger partial charge in [0.2, 0.25) is 0 Å². The molecule has 0 saturated carbocycles. The fourth-order valence-corrected chi connectivity index (χ4v) is 4.19. The van der Waals surface area contributed by atoms with Crippen molar-refractivity contribution >= 4 is 26.8 Å². The van der Waals surface area contributed by atoms with Crippen LogP contribution in [0.1, 0.15) is 35.1 Å². The second-order valence-corrected chi connectivity index (χ2v) is 7.51. The summed E-state index contributed by atoms with van der Waals surface area (Å²) in [5.41, 5.74) is 5.64. The van der Waals surface area contributed by atoms with Gasteiger partial charge in [0.25, 0.3) is 0 Å². The van der Waals surface area contributed by atoms with E-state index in [2.05, 4.69) is 39.1 Å². The number of hydrogen-bond acceptors (Lipinski definition) is 2. The number of ether oxygens (including phenoxy) is 1. The first-order chi connectivity index (χ1) is 12.2. The van der Waals surface area contributed by atoms with Gasteiger partial charge in [-0.2, -0.15) is 0 Å². The van der Waals surface area contributed by atoms with Crippen molar-refractivity contribution in [2.45, 2.75) is 32.1 Å². The summed E-state index contributed by atoms with van der Waals surface area (Å²) in [4.78, 5) is 16.4. The van der Waals surface area contributed by atoms with E-state index in [1.807, 2.05) is 18.2 Å². The minimum Gasteiger partial charge on any atom is -0.482 e. The van der Waals surface area contributed by atoms with E-state index in [1.165, 1.54) is 29.5 Å². The normalized spacial score (nSPS) is 13.7. The number of halogens is 1. The van der Waals surface area contributed by atoms with Crippen molar-refractivity contribution in [3.8, 4) is 5.88 Å². The lowest BCUT2D eigenvalue weighted by atomic mass is 9.86. The van der Waals surface area contributed by atoms with Gasteiger partial charge in [-0.1, -0.05) is 34.1 Å². The van der Waals surface area contributed by atoms with Crippen LogP contribution in [0, 0.1) is 0 Å². The van der Waals surface area contributed by atoms with Crippen LogP contribution in [-0.4, -0.2) is 12.1 Å². The van der Waals surface area contributed by atoms with Gasteiger partial charge in [-0.3, -0.25) is 4.79 Å². The van der Waals surface area contributed by atoms with Gasteiger partial charge in [-0.25, -0.2) is 0 Å². The number of hydrogen-bond donors (Lipinski definition) is 1. The third-order valence-corrected chi connectivity index (χ3v) is 5.58. The Balaban J connectivity index is 1.87. The molecule has 1 aromatic heterocycles. The average Bonchev–Trinajstić information content (AvgIpc) is 2.64. The summed E-state index contributed by atoms with van der Waals surface area (Å²) in [6.07, 6.45) is 5.32. The van der Waals surface area contributed by atoms with Crippen molar-refractivity contribution in [2.75, 3.05) is 7.11 Å². The molecular formula is C21H20BrNO2. The van der Waals surface area contributed by atoms with E-state index in [4.69, 9.17) is 4.74 Å². The molecule has 0 fully saturated rings. The summed E-state index contributed by atoms with van der Waals surface area (Å²) in [6.45, 7) is 0. The van der Waals surface area contributed by atoms with Gasteiger partial charge in [0.05, 0.1) is 18.2 Å². The number of fused-ring (bicyclic) bond motifs is 2. The monoisotopic (exact) mass is 397 g/mol. The highest BCUT2D eigenvalue weighted by molar-refractivity contribution is 9.10. The van der Waals surface area contributed by atoms with Crippen molar-refractivity contribution in [3.05, 3.63) is 73.3 Å². The van der Waals surface area contributed by atoms with Crippen molar-refractivity contribution in [2.24, 2.45) is 0 Å². The summed E-state index contributed by atoms with van der Waals surface area (Å²) in [5.74, 6) is 0.563. The summed E-state index contributed by atoms with van der Waals surface area (Å²) in [6, 6.07) is 12.2. The number of rotatable bonds is 3. The molecule has 1 aliphatic carbocycles. The molecule has 2 aromatic carbocycles. The number of aromatic amines is 1. The fourth-order valence-electron chi connectivity index (χ4n) is 3.83. The molecule has 0 amide bonds. The molecule has 0 aliphatic heterocycles. The van der Waals surface area contributed by atoms with Gasteiger partial charge in [-0.15, -0.1) is 0 Å². The zero-order chi connectivity index (χ0) is 17.4. The fraction of sp³-hybridized carbons (Fsp3) is 0.286. The van der Waals surface area contributed by atoms with Crippen LogP contribution in [0.3, 0.4) is 0 Å². The Morgan fingerprint density at radius 2 is 2.00 bits per heavy atom. The number of benzene rings is 2. The quantitative estimate of drug-likeness (QED) is 0.691. The van der Waals surface area contributed by atoms with Crippen LogP contribution in [0.25, 0.3) is 10.9 Å². The van der Waals surface area contributed by atoms with Crippen LogP contribution in [0.2, 0.25) is 0 Å². The largest absolute Gasteiger partial charge is 0.482 e.